The predicted molar refractivity (Wildman–Crippen MR) is 57.1 cm³/mol. The Labute approximate surface area is 92.6 Å². The Morgan fingerprint density at radius 1 is 1.56 bits per heavy atom. The number of carbonyl (C=O) groups excluding carboxylic acids is 2. The van der Waals surface area contributed by atoms with Crippen molar-refractivity contribution < 1.29 is 14.3 Å². The van der Waals surface area contributed by atoms with Crippen LogP contribution in [0.3, 0.4) is 0 Å². The van der Waals surface area contributed by atoms with Gasteiger partial charge in [-0.1, -0.05) is 0 Å². The second kappa shape index (κ2) is 5.15. The van der Waals surface area contributed by atoms with E-state index < -0.39 is 12.0 Å². The zero-order valence-electron chi connectivity index (χ0n) is 9.19. The number of rotatable bonds is 4. The van der Waals surface area contributed by atoms with E-state index in [0.29, 0.717) is 6.54 Å². The number of anilines is 1. The first-order valence-corrected chi connectivity index (χ1v) is 4.89. The SMILES string of the molecule is CCOC(=O)c1cn(CC)nc1NC(N)=O. The van der Waals surface area contributed by atoms with E-state index in [9.17, 15) is 9.59 Å². The van der Waals surface area contributed by atoms with E-state index in [0.717, 1.165) is 0 Å². The number of nitrogens with one attached hydrogen (secondary N) is 1. The van der Waals surface area contributed by atoms with Gasteiger partial charge in [-0.2, -0.15) is 5.10 Å². The van der Waals surface area contributed by atoms with Crippen molar-refractivity contribution >= 4 is 17.8 Å². The van der Waals surface area contributed by atoms with Crippen molar-refractivity contribution in [1.29, 1.82) is 0 Å². The van der Waals surface area contributed by atoms with Crippen molar-refractivity contribution in [3.8, 4) is 0 Å². The summed E-state index contributed by atoms with van der Waals surface area (Å²) in [6.45, 7) is 4.39. The van der Waals surface area contributed by atoms with Crippen LogP contribution in [0.5, 0.6) is 0 Å². The molecule has 0 aliphatic carbocycles. The Hall–Kier alpha value is -2.05. The van der Waals surface area contributed by atoms with Gasteiger partial charge in [-0.15, -0.1) is 0 Å². The lowest BCUT2D eigenvalue weighted by atomic mass is 10.3. The molecule has 0 saturated carbocycles. The fourth-order valence-corrected chi connectivity index (χ4v) is 1.15. The maximum Gasteiger partial charge on any atom is 0.343 e. The number of carbonyl (C=O) groups is 2. The normalized spacial score (nSPS) is 9.88. The second-order valence-corrected chi connectivity index (χ2v) is 2.96. The average Bonchev–Trinajstić information content (AvgIpc) is 2.60. The molecule has 0 fully saturated rings. The number of amides is 2. The largest absolute Gasteiger partial charge is 0.462 e. The number of aryl methyl sites for hydroxylation is 1. The Morgan fingerprint density at radius 3 is 2.75 bits per heavy atom. The van der Waals surface area contributed by atoms with E-state index >= 15 is 0 Å². The van der Waals surface area contributed by atoms with E-state index in [-0.39, 0.29) is 18.0 Å². The van der Waals surface area contributed by atoms with Gasteiger partial charge in [0.05, 0.1) is 6.61 Å². The van der Waals surface area contributed by atoms with Gasteiger partial charge in [0.2, 0.25) is 0 Å². The molecule has 1 aromatic heterocycles. The van der Waals surface area contributed by atoms with Crippen LogP contribution in [0.4, 0.5) is 10.6 Å². The molecule has 0 atom stereocenters. The predicted octanol–water partition coefficient (Wildman–Crippen LogP) is 0.570. The number of esters is 1. The third-order valence-corrected chi connectivity index (χ3v) is 1.82. The minimum Gasteiger partial charge on any atom is -0.462 e. The summed E-state index contributed by atoms with van der Waals surface area (Å²) in [5.74, 6) is -0.418. The Bertz CT molecular complexity index is 399. The van der Waals surface area contributed by atoms with Crippen LogP contribution in [-0.2, 0) is 11.3 Å². The Balaban J connectivity index is 2.99. The molecule has 88 valence electrons. The summed E-state index contributed by atoms with van der Waals surface area (Å²) in [7, 11) is 0. The number of urea groups is 1. The van der Waals surface area contributed by atoms with E-state index in [1.807, 2.05) is 6.92 Å². The van der Waals surface area contributed by atoms with Gasteiger partial charge in [0.15, 0.2) is 5.82 Å². The van der Waals surface area contributed by atoms with E-state index in [1.165, 1.54) is 10.9 Å². The first-order chi connectivity index (χ1) is 7.58. The molecule has 7 nitrogen and oxygen atoms in total. The van der Waals surface area contributed by atoms with Crippen LogP contribution in [0.15, 0.2) is 6.20 Å². The van der Waals surface area contributed by atoms with Crippen molar-refractivity contribution in [2.75, 3.05) is 11.9 Å². The molecule has 2 amide bonds. The average molecular weight is 226 g/mol. The lowest BCUT2D eigenvalue weighted by Gasteiger charge is -2.01. The van der Waals surface area contributed by atoms with Crippen molar-refractivity contribution in [1.82, 2.24) is 9.78 Å². The third kappa shape index (κ3) is 2.72. The second-order valence-electron chi connectivity index (χ2n) is 2.96. The number of ether oxygens (including phenoxy) is 1. The zero-order valence-corrected chi connectivity index (χ0v) is 9.19. The van der Waals surface area contributed by atoms with Crippen LogP contribution >= 0.6 is 0 Å². The van der Waals surface area contributed by atoms with Gasteiger partial charge in [-0.25, -0.2) is 9.59 Å². The maximum absolute atomic E-state index is 11.5. The number of hydrogen-bond acceptors (Lipinski definition) is 4. The van der Waals surface area contributed by atoms with Gasteiger partial charge in [0.1, 0.15) is 5.56 Å². The highest BCUT2D eigenvalue weighted by atomic mass is 16.5. The molecule has 16 heavy (non-hydrogen) atoms. The van der Waals surface area contributed by atoms with Crippen molar-refractivity contribution in [3.63, 3.8) is 0 Å². The van der Waals surface area contributed by atoms with Crippen LogP contribution < -0.4 is 11.1 Å². The van der Waals surface area contributed by atoms with Crippen LogP contribution in [-0.4, -0.2) is 28.4 Å². The molecule has 0 bridgehead atoms. The topological polar surface area (TPSA) is 99.2 Å². The molecule has 0 unspecified atom stereocenters. The fourth-order valence-electron chi connectivity index (χ4n) is 1.15. The highest BCUT2D eigenvalue weighted by Crippen LogP contribution is 2.14. The molecule has 1 heterocycles. The molecule has 0 spiro atoms. The van der Waals surface area contributed by atoms with Gasteiger partial charge in [-0.05, 0) is 13.8 Å². The molecule has 3 N–H and O–H groups in total. The summed E-state index contributed by atoms with van der Waals surface area (Å²) in [6.07, 6.45) is 1.50. The lowest BCUT2D eigenvalue weighted by molar-refractivity contribution is 0.0527. The summed E-state index contributed by atoms with van der Waals surface area (Å²) in [6, 6.07) is -0.771. The van der Waals surface area contributed by atoms with E-state index in [2.05, 4.69) is 10.4 Å². The number of aromatic nitrogens is 2. The van der Waals surface area contributed by atoms with Crippen molar-refractivity contribution in [2.45, 2.75) is 20.4 Å². The molecular weight excluding hydrogens is 212 g/mol. The highest BCUT2D eigenvalue weighted by Gasteiger charge is 2.18. The summed E-state index contributed by atoms with van der Waals surface area (Å²) in [5.41, 5.74) is 5.16. The molecule has 0 aliphatic rings. The van der Waals surface area contributed by atoms with Gasteiger partial charge in [0.25, 0.3) is 0 Å². The van der Waals surface area contributed by atoms with Gasteiger partial charge >= 0.3 is 12.0 Å². The molecule has 0 radical (unpaired) electrons. The molecule has 7 heteroatoms. The summed E-state index contributed by atoms with van der Waals surface area (Å²) < 4.78 is 6.34. The maximum atomic E-state index is 11.5. The number of nitrogens with two attached hydrogens (primary N) is 1. The monoisotopic (exact) mass is 226 g/mol. The van der Waals surface area contributed by atoms with Crippen molar-refractivity contribution in [3.05, 3.63) is 11.8 Å². The van der Waals surface area contributed by atoms with Crippen LogP contribution in [0.2, 0.25) is 0 Å². The number of nitrogens with zero attached hydrogens (tertiary/aromatic N) is 2. The minimum atomic E-state index is -0.771. The summed E-state index contributed by atoms with van der Waals surface area (Å²) >= 11 is 0. The highest BCUT2D eigenvalue weighted by molar-refractivity contribution is 5.99. The third-order valence-electron chi connectivity index (χ3n) is 1.82. The van der Waals surface area contributed by atoms with Crippen LogP contribution in [0.25, 0.3) is 0 Å². The first-order valence-electron chi connectivity index (χ1n) is 4.89. The van der Waals surface area contributed by atoms with Gasteiger partial charge < -0.3 is 10.5 Å². The fraction of sp³-hybridized carbons (Fsp3) is 0.444. The van der Waals surface area contributed by atoms with Crippen LogP contribution in [0.1, 0.15) is 24.2 Å². The lowest BCUT2D eigenvalue weighted by Crippen LogP contribution is -2.21. The smallest absolute Gasteiger partial charge is 0.343 e. The first kappa shape index (κ1) is 12.0. The summed E-state index contributed by atoms with van der Waals surface area (Å²) in [4.78, 5) is 22.2. The Kier molecular flexibility index (Phi) is 3.87. The molecule has 1 rings (SSSR count). The quantitative estimate of drug-likeness (QED) is 0.733. The van der Waals surface area contributed by atoms with Crippen LogP contribution in [0, 0.1) is 0 Å². The molecular formula is C9H14N4O3. The van der Waals surface area contributed by atoms with Gasteiger partial charge in [0, 0.05) is 12.7 Å². The van der Waals surface area contributed by atoms with E-state index in [4.69, 9.17) is 10.5 Å². The van der Waals surface area contributed by atoms with Crippen molar-refractivity contribution in [2.24, 2.45) is 5.73 Å². The number of primary amides is 1. The van der Waals surface area contributed by atoms with E-state index in [1.54, 1.807) is 6.92 Å². The zero-order chi connectivity index (χ0) is 12.1. The molecule has 1 aromatic rings. The molecule has 0 aromatic carbocycles. The molecule has 0 saturated heterocycles. The Morgan fingerprint density at radius 2 is 2.25 bits per heavy atom. The number of hydrogen-bond donors (Lipinski definition) is 2. The van der Waals surface area contributed by atoms with Gasteiger partial charge in [-0.3, -0.25) is 10.00 Å². The summed E-state index contributed by atoms with van der Waals surface area (Å²) in [5, 5.41) is 6.25. The standard InChI is InChI=1S/C9H14N4O3/c1-3-13-5-6(8(14)16-4-2)7(12-13)11-9(10)15/h5H,3-4H2,1-2H3,(H3,10,11,12,15). The molecule has 0 aliphatic heterocycles. The minimum absolute atomic E-state index is 0.118.